The maximum atomic E-state index is 5.73. The molecular weight excluding hydrogens is 190 g/mol. The summed E-state index contributed by atoms with van der Waals surface area (Å²) in [5.74, 6) is 0. The Morgan fingerprint density at radius 2 is 2.08 bits per heavy atom. The Balaban J connectivity index is 0.00000121. The van der Waals surface area contributed by atoms with Crippen molar-refractivity contribution in [2.24, 2.45) is 5.73 Å². The van der Waals surface area contributed by atoms with E-state index in [2.05, 4.69) is 24.5 Å². The Bertz CT molecular complexity index is 238. The fraction of sp³-hybridized carbons (Fsp3) is 0.333. The number of nitrogens with two attached hydrogens (primary N) is 1. The van der Waals surface area contributed by atoms with E-state index in [9.17, 15) is 0 Å². The highest BCUT2D eigenvalue weighted by Crippen LogP contribution is 2.18. The summed E-state index contributed by atoms with van der Waals surface area (Å²) in [5.41, 5.74) is 6.93. The van der Waals surface area contributed by atoms with E-state index in [1.54, 1.807) is 11.8 Å². The third-order valence-corrected chi connectivity index (χ3v) is 2.34. The molecule has 1 rings (SSSR count). The van der Waals surface area contributed by atoms with Crippen molar-refractivity contribution < 1.29 is 0 Å². The van der Waals surface area contributed by atoms with Crippen LogP contribution in [0.4, 0.5) is 0 Å². The highest BCUT2D eigenvalue weighted by atomic mass is 35.5. The van der Waals surface area contributed by atoms with Crippen LogP contribution in [0.3, 0.4) is 0 Å². The predicted octanol–water partition coefficient (Wildman–Crippen LogP) is 2.85. The third kappa shape index (κ3) is 3.05. The van der Waals surface area contributed by atoms with Crippen molar-refractivity contribution in [2.75, 3.05) is 6.26 Å². The van der Waals surface area contributed by atoms with E-state index in [0.29, 0.717) is 0 Å². The molecule has 12 heavy (non-hydrogen) atoms. The standard InChI is InChI=1S/C9H13NS.ClH/c1-7(10)8-4-3-5-9(6-8)11-2;/h3-7H,10H2,1-2H3;1H/t7-;/m1./s1. The first-order valence-corrected chi connectivity index (χ1v) is 4.86. The van der Waals surface area contributed by atoms with Gasteiger partial charge in [-0.2, -0.15) is 0 Å². The van der Waals surface area contributed by atoms with Crippen LogP contribution in [0.2, 0.25) is 0 Å². The van der Waals surface area contributed by atoms with Crippen LogP contribution >= 0.6 is 24.2 Å². The molecule has 0 heterocycles. The van der Waals surface area contributed by atoms with E-state index in [1.807, 2.05) is 13.0 Å². The number of hydrogen-bond acceptors (Lipinski definition) is 2. The van der Waals surface area contributed by atoms with Gasteiger partial charge < -0.3 is 5.73 Å². The molecule has 1 aromatic carbocycles. The highest BCUT2D eigenvalue weighted by Gasteiger charge is 1.98. The van der Waals surface area contributed by atoms with Crippen LogP contribution in [0, 0.1) is 0 Å². The molecule has 0 saturated carbocycles. The topological polar surface area (TPSA) is 26.0 Å². The summed E-state index contributed by atoms with van der Waals surface area (Å²) >= 11 is 1.74. The Kier molecular flexibility index (Phi) is 5.38. The number of rotatable bonds is 2. The molecule has 0 fully saturated rings. The molecule has 0 aliphatic heterocycles. The van der Waals surface area contributed by atoms with Crippen molar-refractivity contribution in [3.05, 3.63) is 29.8 Å². The van der Waals surface area contributed by atoms with Crippen molar-refractivity contribution in [1.29, 1.82) is 0 Å². The minimum Gasteiger partial charge on any atom is -0.324 e. The second kappa shape index (κ2) is 5.46. The second-order valence-electron chi connectivity index (χ2n) is 2.57. The molecule has 68 valence electrons. The van der Waals surface area contributed by atoms with Crippen LogP contribution in [-0.2, 0) is 0 Å². The lowest BCUT2D eigenvalue weighted by molar-refractivity contribution is 0.815. The number of halogens is 1. The fourth-order valence-corrected chi connectivity index (χ4v) is 1.39. The van der Waals surface area contributed by atoms with Gasteiger partial charge in [0.1, 0.15) is 0 Å². The van der Waals surface area contributed by atoms with E-state index in [-0.39, 0.29) is 18.4 Å². The van der Waals surface area contributed by atoms with Crippen molar-refractivity contribution in [3.8, 4) is 0 Å². The zero-order valence-electron chi connectivity index (χ0n) is 7.28. The van der Waals surface area contributed by atoms with Crippen molar-refractivity contribution >= 4 is 24.2 Å². The molecule has 0 aliphatic carbocycles. The monoisotopic (exact) mass is 203 g/mol. The molecular formula is C9H14ClNS. The van der Waals surface area contributed by atoms with Gasteiger partial charge in [0, 0.05) is 10.9 Å². The Morgan fingerprint density at radius 3 is 2.58 bits per heavy atom. The maximum Gasteiger partial charge on any atom is 0.0266 e. The first-order valence-electron chi connectivity index (χ1n) is 3.63. The largest absolute Gasteiger partial charge is 0.324 e. The minimum atomic E-state index is 0. The predicted molar refractivity (Wildman–Crippen MR) is 58.1 cm³/mol. The summed E-state index contributed by atoms with van der Waals surface area (Å²) in [6, 6.07) is 8.47. The van der Waals surface area contributed by atoms with Gasteiger partial charge in [0.2, 0.25) is 0 Å². The van der Waals surface area contributed by atoms with E-state index in [1.165, 1.54) is 10.5 Å². The molecule has 0 spiro atoms. The van der Waals surface area contributed by atoms with E-state index >= 15 is 0 Å². The van der Waals surface area contributed by atoms with Crippen LogP contribution in [0.5, 0.6) is 0 Å². The molecule has 0 unspecified atom stereocenters. The number of benzene rings is 1. The van der Waals surface area contributed by atoms with Crippen LogP contribution in [0.15, 0.2) is 29.2 Å². The smallest absolute Gasteiger partial charge is 0.0266 e. The van der Waals surface area contributed by atoms with Gasteiger partial charge in [0.25, 0.3) is 0 Å². The van der Waals surface area contributed by atoms with Crippen molar-refractivity contribution in [1.82, 2.24) is 0 Å². The molecule has 0 saturated heterocycles. The van der Waals surface area contributed by atoms with E-state index in [0.717, 1.165) is 0 Å². The van der Waals surface area contributed by atoms with Crippen LogP contribution in [0.25, 0.3) is 0 Å². The van der Waals surface area contributed by atoms with Gasteiger partial charge in [-0.15, -0.1) is 24.2 Å². The van der Waals surface area contributed by atoms with Gasteiger partial charge >= 0.3 is 0 Å². The second-order valence-corrected chi connectivity index (χ2v) is 3.44. The van der Waals surface area contributed by atoms with Gasteiger partial charge in [0.05, 0.1) is 0 Å². The van der Waals surface area contributed by atoms with Gasteiger partial charge in [-0.1, -0.05) is 12.1 Å². The van der Waals surface area contributed by atoms with Crippen LogP contribution < -0.4 is 5.73 Å². The summed E-state index contributed by atoms with van der Waals surface area (Å²) in [4.78, 5) is 1.28. The van der Waals surface area contributed by atoms with Crippen molar-refractivity contribution in [3.63, 3.8) is 0 Å². The van der Waals surface area contributed by atoms with E-state index < -0.39 is 0 Å². The normalized spacial score (nSPS) is 11.9. The van der Waals surface area contributed by atoms with Crippen LogP contribution in [-0.4, -0.2) is 6.26 Å². The molecule has 0 aromatic heterocycles. The first kappa shape index (κ1) is 11.8. The molecule has 0 radical (unpaired) electrons. The molecule has 1 nitrogen and oxygen atoms in total. The summed E-state index contributed by atoms with van der Waals surface area (Å²) in [7, 11) is 0. The Labute approximate surface area is 84.1 Å². The SMILES string of the molecule is CSc1cccc([C@@H](C)N)c1.Cl. The third-order valence-electron chi connectivity index (χ3n) is 1.62. The molecule has 1 atom stereocenters. The molecule has 2 N–H and O–H groups in total. The van der Waals surface area contributed by atoms with Gasteiger partial charge in [-0.05, 0) is 30.9 Å². The molecule has 0 bridgehead atoms. The number of hydrogen-bond donors (Lipinski definition) is 1. The highest BCUT2D eigenvalue weighted by molar-refractivity contribution is 7.98. The average molecular weight is 204 g/mol. The molecule has 3 heteroatoms. The lowest BCUT2D eigenvalue weighted by Gasteiger charge is -2.05. The lowest BCUT2D eigenvalue weighted by atomic mass is 10.1. The fourth-order valence-electron chi connectivity index (χ4n) is 0.925. The summed E-state index contributed by atoms with van der Waals surface area (Å²) in [6.45, 7) is 2.00. The summed E-state index contributed by atoms with van der Waals surface area (Å²) in [6.07, 6.45) is 2.07. The van der Waals surface area contributed by atoms with Gasteiger partial charge in [-0.3, -0.25) is 0 Å². The summed E-state index contributed by atoms with van der Waals surface area (Å²) in [5, 5.41) is 0. The summed E-state index contributed by atoms with van der Waals surface area (Å²) < 4.78 is 0. The molecule has 0 amide bonds. The van der Waals surface area contributed by atoms with Crippen molar-refractivity contribution in [2.45, 2.75) is 17.9 Å². The zero-order valence-corrected chi connectivity index (χ0v) is 8.91. The average Bonchev–Trinajstić information content (AvgIpc) is 2.05. The van der Waals surface area contributed by atoms with Gasteiger partial charge in [0.15, 0.2) is 0 Å². The Hall–Kier alpha value is -0.180. The van der Waals surface area contributed by atoms with Gasteiger partial charge in [-0.25, -0.2) is 0 Å². The van der Waals surface area contributed by atoms with E-state index in [4.69, 9.17) is 5.73 Å². The lowest BCUT2D eigenvalue weighted by Crippen LogP contribution is -2.04. The minimum absolute atomic E-state index is 0. The Morgan fingerprint density at radius 1 is 1.42 bits per heavy atom. The zero-order chi connectivity index (χ0) is 8.27. The van der Waals surface area contributed by atoms with Crippen LogP contribution in [0.1, 0.15) is 18.5 Å². The molecule has 0 aliphatic rings. The maximum absolute atomic E-state index is 5.73. The number of thioether (sulfide) groups is 1. The quantitative estimate of drug-likeness (QED) is 0.749. The first-order chi connectivity index (χ1) is 5.24. The molecule has 1 aromatic rings.